The van der Waals surface area contributed by atoms with Gasteiger partial charge in [-0.1, -0.05) is 27.2 Å². The quantitative estimate of drug-likeness (QED) is 0.749. The number of hydrogen-bond acceptors (Lipinski definition) is 4. The van der Waals surface area contributed by atoms with E-state index in [2.05, 4.69) is 35.9 Å². The number of nitrogens with one attached hydrogen (secondary N) is 1. The highest BCUT2D eigenvalue weighted by Crippen LogP contribution is 2.10. The summed E-state index contributed by atoms with van der Waals surface area (Å²) in [6.45, 7) is 19.7. The Morgan fingerprint density at radius 1 is 0.880 bits per heavy atom. The Morgan fingerprint density at radius 2 is 1.56 bits per heavy atom. The SMILES string of the molecule is CC.CNCCC(C)CCN1CCCCCN(C(C)C)CCOCC1. The molecule has 0 aromatic heterocycles. The molecule has 4 heteroatoms. The predicted octanol–water partition coefficient (Wildman–Crippen LogP) is 3.86. The summed E-state index contributed by atoms with van der Waals surface area (Å²) in [5.74, 6) is 0.810. The molecule has 1 fully saturated rings. The lowest BCUT2D eigenvalue weighted by molar-refractivity contribution is 0.0692. The van der Waals surface area contributed by atoms with Gasteiger partial charge in [-0.3, -0.25) is 4.90 Å². The second kappa shape index (κ2) is 17.3. The third-order valence-electron chi connectivity index (χ3n) is 5.05. The first-order valence-electron chi connectivity index (χ1n) is 10.8. The first kappa shape index (κ1) is 24.8. The summed E-state index contributed by atoms with van der Waals surface area (Å²) in [4.78, 5) is 5.18. The molecule has 1 atom stereocenters. The third kappa shape index (κ3) is 13.7. The second-order valence-electron chi connectivity index (χ2n) is 7.43. The Balaban J connectivity index is 0.00000277. The van der Waals surface area contributed by atoms with Crippen LogP contribution in [-0.2, 0) is 4.74 Å². The van der Waals surface area contributed by atoms with Gasteiger partial charge in [-0.15, -0.1) is 0 Å². The lowest BCUT2D eigenvalue weighted by Crippen LogP contribution is -2.36. The summed E-state index contributed by atoms with van der Waals surface area (Å²) in [5.41, 5.74) is 0. The number of nitrogens with zero attached hydrogens (tertiary/aromatic N) is 2. The third-order valence-corrected chi connectivity index (χ3v) is 5.05. The van der Waals surface area contributed by atoms with E-state index in [1.54, 1.807) is 0 Å². The average molecular weight is 358 g/mol. The van der Waals surface area contributed by atoms with Crippen LogP contribution in [-0.4, -0.2) is 75.4 Å². The zero-order valence-electron chi connectivity index (χ0n) is 18.1. The summed E-state index contributed by atoms with van der Waals surface area (Å²) in [6.07, 6.45) is 6.60. The van der Waals surface area contributed by atoms with Crippen molar-refractivity contribution < 1.29 is 4.74 Å². The highest BCUT2D eigenvalue weighted by Gasteiger charge is 2.12. The van der Waals surface area contributed by atoms with Crippen molar-refractivity contribution in [1.82, 2.24) is 15.1 Å². The maximum absolute atomic E-state index is 5.90. The highest BCUT2D eigenvalue weighted by atomic mass is 16.5. The first-order valence-corrected chi connectivity index (χ1v) is 10.8. The van der Waals surface area contributed by atoms with Gasteiger partial charge in [0.1, 0.15) is 0 Å². The molecular formula is C21H47N3O. The molecule has 1 rings (SSSR count). The van der Waals surface area contributed by atoms with Gasteiger partial charge < -0.3 is 15.0 Å². The van der Waals surface area contributed by atoms with Crippen LogP contribution < -0.4 is 5.32 Å². The number of hydrogen-bond donors (Lipinski definition) is 1. The van der Waals surface area contributed by atoms with Gasteiger partial charge in [-0.05, 0) is 78.7 Å². The molecule has 1 saturated heterocycles. The molecule has 0 radical (unpaired) electrons. The molecule has 0 saturated carbocycles. The Labute approximate surface area is 158 Å². The molecule has 0 aromatic rings. The standard InChI is InChI=1S/C19H41N3O.C2H6/c1-18(2)22-12-7-5-6-11-21(14-16-23-17-15-22)13-9-19(3)8-10-20-4;1-2/h18-20H,5-17H2,1-4H3;1-2H3. The minimum atomic E-state index is 0.636. The van der Waals surface area contributed by atoms with Crippen molar-refractivity contribution in [1.29, 1.82) is 0 Å². The molecule has 0 spiro atoms. The summed E-state index contributed by atoms with van der Waals surface area (Å²) in [6, 6.07) is 0.636. The average Bonchev–Trinajstić information content (AvgIpc) is 2.61. The monoisotopic (exact) mass is 357 g/mol. The Bertz CT molecular complexity index is 260. The van der Waals surface area contributed by atoms with E-state index in [0.717, 1.165) is 38.8 Å². The molecule has 152 valence electrons. The maximum Gasteiger partial charge on any atom is 0.0594 e. The fraction of sp³-hybridized carbons (Fsp3) is 1.00. The van der Waals surface area contributed by atoms with Crippen molar-refractivity contribution in [2.24, 2.45) is 5.92 Å². The summed E-state index contributed by atoms with van der Waals surface area (Å²) >= 11 is 0. The molecule has 0 bridgehead atoms. The van der Waals surface area contributed by atoms with Gasteiger partial charge in [-0.25, -0.2) is 0 Å². The van der Waals surface area contributed by atoms with E-state index in [1.165, 1.54) is 51.7 Å². The Morgan fingerprint density at radius 3 is 2.24 bits per heavy atom. The second-order valence-corrected chi connectivity index (χ2v) is 7.43. The van der Waals surface area contributed by atoms with Gasteiger partial charge in [0.2, 0.25) is 0 Å². The van der Waals surface area contributed by atoms with Crippen molar-refractivity contribution >= 4 is 0 Å². The van der Waals surface area contributed by atoms with Crippen LogP contribution in [0.1, 0.15) is 66.7 Å². The number of rotatable bonds is 7. The molecular weight excluding hydrogens is 310 g/mol. The van der Waals surface area contributed by atoms with Crippen LogP contribution in [0, 0.1) is 5.92 Å². The zero-order chi connectivity index (χ0) is 18.9. The van der Waals surface area contributed by atoms with Gasteiger partial charge in [-0.2, -0.15) is 0 Å². The van der Waals surface area contributed by atoms with E-state index < -0.39 is 0 Å². The molecule has 1 heterocycles. The van der Waals surface area contributed by atoms with E-state index in [-0.39, 0.29) is 0 Å². The maximum atomic E-state index is 5.90. The Hall–Kier alpha value is -0.160. The van der Waals surface area contributed by atoms with E-state index in [9.17, 15) is 0 Å². The smallest absolute Gasteiger partial charge is 0.0594 e. The largest absolute Gasteiger partial charge is 0.379 e. The van der Waals surface area contributed by atoms with Crippen LogP contribution in [0.4, 0.5) is 0 Å². The normalized spacial score (nSPS) is 20.3. The van der Waals surface area contributed by atoms with Crippen molar-refractivity contribution in [3.63, 3.8) is 0 Å². The minimum Gasteiger partial charge on any atom is -0.379 e. The van der Waals surface area contributed by atoms with E-state index >= 15 is 0 Å². The highest BCUT2D eigenvalue weighted by molar-refractivity contribution is 4.66. The van der Waals surface area contributed by atoms with Crippen LogP contribution >= 0.6 is 0 Å². The van der Waals surface area contributed by atoms with E-state index in [4.69, 9.17) is 4.74 Å². The van der Waals surface area contributed by atoms with Crippen LogP contribution in [0.5, 0.6) is 0 Å². The van der Waals surface area contributed by atoms with Gasteiger partial charge in [0.15, 0.2) is 0 Å². The first-order chi connectivity index (χ1) is 12.1. The summed E-state index contributed by atoms with van der Waals surface area (Å²) in [5, 5.41) is 3.26. The zero-order valence-corrected chi connectivity index (χ0v) is 18.1. The van der Waals surface area contributed by atoms with E-state index in [0.29, 0.717) is 6.04 Å². The van der Waals surface area contributed by atoms with Crippen molar-refractivity contribution in [2.45, 2.75) is 72.8 Å². The molecule has 0 aliphatic carbocycles. The lowest BCUT2D eigenvalue weighted by Gasteiger charge is -2.28. The molecule has 1 aliphatic heterocycles. The van der Waals surface area contributed by atoms with Crippen LogP contribution in [0.25, 0.3) is 0 Å². The molecule has 1 N–H and O–H groups in total. The molecule has 1 aliphatic rings. The minimum absolute atomic E-state index is 0.636. The molecule has 25 heavy (non-hydrogen) atoms. The van der Waals surface area contributed by atoms with Gasteiger partial charge >= 0.3 is 0 Å². The topological polar surface area (TPSA) is 27.7 Å². The predicted molar refractivity (Wildman–Crippen MR) is 111 cm³/mol. The Kier molecular flexibility index (Phi) is 17.2. The van der Waals surface area contributed by atoms with Crippen LogP contribution in [0.3, 0.4) is 0 Å². The molecule has 4 nitrogen and oxygen atoms in total. The fourth-order valence-electron chi connectivity index (χ4n) is 3.21. The van der Waals surface area contributed by atoms with E-state index in [1.807, 2.05) is 20.9 Å². The lowest BCUT2D eigenvalue weighted by atomic mass is 10.0. The summed E-state index contributed by atoms with van der Waals surface area (Å²) < 4.78 is 5.90. The van der Waals surface area contributed by atoms with Gasteiger partial charge in [0.25, 0.3) is 0 Å². The molecule has 0 amide bonds. The van der Waals surface area contributed by atoms with Crippen molar-refractivity contribution in [3.8, 4) is 0 Å². The summed E-state index contributed by atoms with van der Waals surface area (Å²) in [7, 11) is 2.04. The fourth-order valence-corrected chi connectivity index (χ4v) is 3.21. The van der Waals surface area contributed by atoms with Crippen molar-refractivity contribution in [2.75, 3.05) is 59.5 Å². The van der Waals surface area contributed by atoms with Crippen LogP contribution in [0.15, 0.2) is 0 Å². The molecule has 1 unspecified atom stereocenters. The number of ether oxygens (including phenoxy) is 1. The molecule has 0 aromatic carbocycles. The van der Waals surface area contributed by atoms with Crippen molar-refractivity contribution in [3.05, 3.63) is 0 Å². The van der Waals surface area contributed by atoms with Crippen LogP contribution in [0.2, 0.25) is 0 Å². The van der Waals surface area contributed by atoms with Gasteiger partial charge in [0, 0.05) is 19.1 Å². The van der Waals surface area contributed by atoms with Gasteiger partial charge in [0.05, 0.1) is 13.2 Å².